The molecule has 25 heavy (non-hydrogen) atoms. The maximum Gasteiger partial charge on any atom is 0.427 e. The molecule has 0 spiro atoms. The Hall–Kier alpha value is -2.62. The fourth-order valence-electron chi connectivity index (χ4n) is 2.01. The zero-order valence-corrected chi connectivity index (χ0v) is 15.5. The average molecular weight is 414 g/mol. The molecule has 0 unspecified atom stereocenters. The van der Waals surface area contributed by atoms with Gasteiger partial charge in [0, 0.05) is 4.47 Å². The lowest BCUT2D eigenvalue weighted by molar-refractivity contribution is 0.0573. The maximum atomic E-state index is 12.4. The van der Waals surface area contributed by atoms with Crippen molar-refractivity contribution in [1.82, 2.24) is 9.55 Å². The second-order valence-electron chi connectivity index (χ2n) is 5.95. The summed E-state index contributed by atoms with van der Waals surface area (Å²) in [4.78, 5) is 40.8. The third kappa shape index (κ3) is 3.90. The van der Waals surface area contributed by atoms with Gasteiger partial charge in [0.15, 0.2) is 0 Å². The predicted molar refractivity (Wildman–Crippen MR) is 92.0 cm³/mol. The molecule has 0 fully saturated rings. The van der Waals surface area contributed by atoms with Crippen LogP contribution in [0.1, 0.15) is 20.8 Å². The fraction of sp³-hybridized carbons (Fsp3) is 0.333. The molecule has 0 atom stereocenters. The monoisotopic (exact) mass is 413 g/mol. The van der Waals surface area contributed by atoms with Gasteiger partial charge in [-0.1, -0.05) is 15.9 Å². The van der Waals surface area contributed by atoms with Crippen molar-refractivity contribution in [3.63, 3.8) is 0 Å². The van der Waals surface area contributed by atoms with Gasteiger partial charge in [0.25, 0.3) is 0 Å². The Kier molecular flexibility index (Phi) is 5.02. The van der Waals surface area contributed by atoms with Crippen LogP contribution in [0.2, 0.25) is 0 Å². The van der Waals surface area contributed by atoms with E-state index in [0.29, 0.717) is 13.9 Å². The highest BCUT2D eigenvalue weighted by atomic mass is 79.9. The van der Waals surface area contributed by atoms with Crippen LogP contribution in [-0.2, 0) is 9.47 Å². The Morgan fingerprint density at radius 1 is 1.24 bits per heavy atom. The molecule has 1 N–H and O–H groups in total. The summed E-state index contributed by atoms with van der Waals surface area (Å²) in [5.41, 5.74) is -0.445. The van der Waals surface area contributed by atoms with E-state index in [1.54, 1.807) is 32.9 Å². The molecular weight excluding hydrogens is 398 g/mol. The molecular formula is C15H16BrN3O6. The number of halogens is 1. The number of ether oxygens (including phenoxy) is 2. The number of rotatable bonds is 1. The van der Waals surface area contributed by atoms with Crippen LogP contribution in [0.15, 0.2) is 22.7 Å². The minimum Gasteiger partial charge on any atom is -0.464 e. The first-order valence-corrected chi connectivity index (χ1v) is 7.87. The molecule has 0 bridgehead atoms. The van der Waals surface area contributed by atoms with Gasteiger partial charge in [-0.3, -0.25) is 0 Å². The number of carboxylic acid groups (broad SMARTS) is 1. The Morgan fingerprint density at radius 3 is 2.40 bits per heavy atom. The Labute approximate surface area is 151 Å². The lowest BCUT2D eigenvalue weighted by Gasteiger charge is -2.24. The van der Waals surface area contributed by atoms with Gasteiger partial charge in [-0.05, 0) is 39.0 Å². The summed E-state index contributed by atoms with van der Waals surface area (Å²) >= 11 is 3.24. The van der Waals surface area contributed by atoms with Gasteiger partial charge in [-0.15, -0.1) is 4.90 Å². The predicted octanol–water partition coefficient (Wildman–Crippen LogP) is 3.83. The number of benzene rings is 1. The van der Waals surface area contributed by atoms with E-state index in [2.05, 4.69) is 25.7 Å². The summed E-state index contributed by atoms with van der Waals surface area (Å²) in [7, 11) is 1.06. The molecule has 134 valence electrons. The van der Waals surface area contributed by atoms with E-state index in [0.717, 1.165) is 7.11 Å². The molecule has 1 aromatic carbocycles. The topological polar surface area (TPSA) is 111 Å². The van der Waals surface area contributed by atoms with Gasteiger partial charge in [0.2, 0.25) is 5.95 Å². The molecule has 0 saturated carbocycles. The van der Waals surface area contributed by atoms with E-state index >= 15 is 0 Å². The number of imidazole rings is 1. The van der Waals surface area contributed by atoms with Gasteiger partial charge in [0.1, 0.15) is 5.60 Å². The summed E-state index contributed by atoms with van der Waals surface area (Å²) in [6, 6.07) is 4.71. The first-order valence-electron chi connectivity index (χ1n) is 7.07. The van der Waals surface area contributed by atoms with Crippen LogP contribution in [0, 0.1) is 0 Å². The van der Waals surface area contributed by atoms with Crippen LogP contribution < -0.4 is 4.90 Å². The fourth-order valence-corrected chi connectivity index (χ4v) is 2.36. The number of carbonyl (C=O) groups is 3. The van der Waals surface area contributed by atoms with E-state index in [-0.39, 0.29) is 11.0 Å². The van der Waals surface area contributed by atoms with Gasteiger partial charge in [-0.2, -0.15) is 0 Å². The third-order valence-electron chi connectivity index (χ3n) is 2.92. The summed E-state index contributed by atoms with van der Waals surface area (Å²) in [5, 5.41) is 9.54. The van der Waals surface area contributed by atoms with E-state index in [1.165, 1.54) is 6.07 Å². The van der Waals surface area contributed by atoms with Crippen LogP contribution in [-0.4, -0.2) is 45.6 Å². The van der Waals surface area contributed by atoms with Gasteiger partial charge in [-0.25, -0.2) is 23.9 Å². The number of amides is 2. The van der Waals surface area contributed by atoms with Crippen molar-refractivity contribution in [3.05, 3.63) is 22.7 Å². The van der Waals surface area contributed by atoms with Crippen molar-refractivity contribution in [2.24, 2.45) is 0 Å². The normalized spacial score (nSPS) is 11.2. The number of aromatic nitrogens is 2. The largest absolute Gasteiger partial charge is 0.464 e. The van der Waals surface area contributed by atoms with Crippen molar-refractivity contribution in [1.29, 1.82) is 0 Å². The molecule has 1 aromatic heterocycles. The number of hydrogen-bond donors (Lipinski definition) is 1. The molecule has 0 radical (unpaired) electrons. The Morgan fingerprint density at radius 2 is 1.88 bits per heavy atom. The van der Waals surface area contributed by atoms with Crippen LogP contribution in [0.3, 0.4) is 0 Å². The first-order chi connectivity index (χ1) is 11.5. The summed E-state index contributed by atoms with van der Waals surface area (Å²) in [5.74, 6) is -0.443. The number of nitrogens with zero attached hydrogens (tertiary/aromatic N) is 3. The van der Waals surface area contributed by atoms with Crippen LogP contribution in [0.4, 0.5) is 20.3 Å². The SMILES string of the molecule is COC(=O)N(C(=O)OC(C)(C)C)c1nc2ccc(Br)cc2n1C(=O)O. The van der Waals surface area contributed by atoms with Crippen molar-refractivity contribution in [2.75, 3.05) is 12.0 Å². The Balaban J connectivity index is 2.68. The zero-order chi connectivity index (χ0) is 18.9. The Bertz CT molecular complexity index is 855. The number of imide groups is 1. The smallest absolute Gasteiger partial charge is 0.427 e. The molecule has 0 saturated heterocycles. The van der Waals surface area contributed by atoms with E-state index in [9.17, 15) is 19.5 Å². The molecule has 0 aliphatic rings. The summed E-state index contributed by atoms with van der Waals surface area (Å²) < 4.78 is 11.1. The highest BCUT2D eigenvalue weighted by molar-refractivity contribution is 9.10. The summed E-state index contributed by atoms with van der Waals surface area (Å²) in [6.45, 7) is 4.83. The van der Waals surface area contributed by atoms with Crippen molar-refractivity contribution < 1.29 is 29.0 Å². The highest BCUT2D eigenvalue weighted by Crippen LogP contribution is 2.27. The minimum atomic E-state index is -1.42. The standard InChI is InChI=1S/C15H16BrN3O6/c1-15(2,3)25-14(23)19(13(22)24-4)11-17-9-6-5-8(16)7-10(9)18(11)12(20)21/h5-7H,1-4H3,(H,20,21). The van der Waals surface area contributed by atoms with Gasteiger partial charge < -0.3 is 14.6 Å². The average Bonchev–Trinajstić information content (AvgIpc) is 2.83. The number of hydrogen-bond acceptors (Lipinski definition) is 6. The first kappa shape index (κ1) is 18.7. The van der Waals surface area contributed by atoms with Crippen LogP contribution in [0.25, 0.3) is 11.0 Å². The molecule has 2 amide bonds. The number of methoxy groups -OCH3 is 1. The molecule has 0 aliphatic carbocycles. The zero-order valence-electron chi connectivity index (χ0n) is 13.9. The lowest BCUT2D eigenvalue weighted by atomic mass is 10.2. The van der Waals surface area contributed by atoms with E-state index in [1.807, 2.05) is 0 Å². The molecule has 1 heterocycles. The van der Waals surface area contributed by atoms with Crippen LogP contribution in [0.5, 0.6) is 0 Å². The number of anilines is 1. The molecule has 9 nitrogen and oxygen atoms in total. The third-order valence-corrected chi connectivity index (χ3v) is 3.42. The molecule has 2 aromatic rings. The van der Waals surface area contributed by atoms with E-state index < -0.39 is 29.8 Å². The quantitative estimate of drug-likeness (QED) is 0.755. The lowest BCUT2D eigenvalue weighted by Crippen LogP contribution is -2.42. The van der Waals surface area contributed by atoms with Crippen molar-refractivity contribution in [2.45, 2.75) is 26.4 Å². The molecule has 10 heteroatoms. The van der Waals surface area contributed by atoms with Crippen LogP contribution >= 0.6 is 15.9 Å². The minimum absolute atomic E-state index is 0.189. The van der Waals surface area contributed by atoms with Gasteiger partial charge in [0.05, 0.1) is 18.1 Å². The number of carbonyl (C=O) groups excluding carboxylic acids is 2. The second-order valence-corrected chi connectivity index (χ2v) is 6.86. The summed E-state index contributed by atoms with van der Waals surface area (Å²) in [6.07, 6.45) is -3.64. The van der Waals surface area contributed by atoms with E-state index in [4.69, 9.17) is 4.74 Å². The maximum absolute atomic E-state index is 12.4. The molecule has 2 rings (SSSR count). The second kappa shape index (κ2) is 6.71. The van der Waals surface area contributed by atoms with Gasteiger partial charge >= 0.3 is 18.3 Å². The van der Waals surface area contributed by atoms with Crippen molar-refractivity contribution in [3.8, 4) is 0 Å². The molecule has 0 aliphatic heterocycles. The van der Waals surface area contributed by atoms with Crippen molar-refractivity contribution >= 4 is 51.2 Å². The highest BCUT2D eigenvalue weighted by Gasteiger charge is 2.35. The number of fused-ring (bicyclic) bond motifs is 1.